The van der Waals surface area contributed by atoms with Gasteiger partial charge in [0, 0.05) is 19.1 Å². The van der Waals surface area contributed by atoms with Gasteiger partial charge in [-0.25, -0.2) is 0 Å². The molecule has 1 fully saturated rings. The Bertz CT molecular complexity index is 269. The van der Waals surface area contributed by atoms with Crippen molar-refractivity contribution in [3.63, 3.8) is 0 Å². The molecule has 0 amide bonds. The van der Waals surface area contributed by atoms with E-state index in [4.69, 9.17) is 4.74 Å². The summed E-state index contributed by atoms with van der Waals surface area (Å²) in [7, 11) is 1.46. The van der Waals surface area contributed by atoms with Crippen molar-refractivity contribution in [2.45, 2.75) is 46.1 Å². The van der Waals surface area contributed by atoms with E-state index in [0.717, 1.165) is 25.6 Å². The highest BCUT2D eigenvalue weighted by Gasteiger charge is 2.27. The summed E-state index contributed by atoms with van der Waals surface area (Å²) in [5.41, 5.74) is 0. The van der Waals surface area contributed by atoms with Crippen molar-refractivity contribution in [1.82, 2.24) is 10.2 Å². The van der Waals surface area contributed by atoms with Crippen LogP contribution in [0.2, 0.25) is 0 Å². The number of carbonyl (C=O) groups is 1. The quantitative estimate of drug-likeness (QED) is 0.717. The van der Waals surface area contributed by atoms with E-state index in [1.165, 1.54) is 26.4 Å². The van der Waals surface area contributed by atoms with Crippen LogP contribution in [-0.2, 0) is 9.53 Å². The second kappa shape index (κ2) is 8.54. The summed E-state index contributed by atoms with van der Waals surface area (Å²) in [6, 6.07) is 0.516. The largest absolute Gasteiger partial charge is 0.468 e. The van der Waals surface area contributed by atoms with E-state index in [9.17, 15) is 4.79 Å². The van der Waals surface area contributed by atoms with Crippen LogP contribution in [0.15, 0.2) is 0 Å². The standard InChI is InChI=1S/C15H30N2O2/c1-5-13-8-14(16-7-6-12(2)3)10-17(9-13)11-15(18)19-4/h12-14,16H,5-11H2,1-4H3. The molecular formula is C15H30N2O2. The molecule has 4 nitrogen and oxygen atoms in total. The average Bonchev–Trinajstić information content (AvgIpc) is 2.37. The Balaban J connectivity index is 2.40. The van der Waals surface area contributed by atoms with E-state index in [-0.39, 0.29) is 5.97 Å². The van der Waals surface area contributed by atoms with Crippen molar-refractivity contribution in [2.24, 2.45) is 11.8 Å². The van der Waals surface area contributed by atoms with Gasteiger partial charge in [-0.2, -0.15) is 0 Å². The fourth-order valence-electron chi connectivity index (χ4n) is 2.70. The third-order valence-corrected chi connectivity index (χ3v) is 3.93. The van der Waals surface area contributed by atoms with Crippen molar-refractivity contribution in [3.05, 3.63) is 0 Å². The van der Waals surface area contributed by atoms with Crippen LogP contribution in [0, 0.1) is 11.8 Å². The maximum absolute atomic E-state index is 11.4. The van der Waals surface area contributed by atoms with Crippen molar-refractivity contribution < 1.29 is 9.53 Å². The number of ether oxygens (including phenoxy) is 1. The van der Waals surface area contributed by atoms with Crippen LogP contribution in [0.4, 0.5) is 0 Å². The maximum atomic E-state index is 11.4. The number of hydrogen-bond donors (Lipinski definition) is 1. The molecule has 0 aromatic rings. The van der Waals surface area contributed by atoms with E-state index in [1.807, 2.05) is 0 Å². The normalized spacial score (nSPS) is 24.7. The highest BCUT2D eigenvalue weighted by molar-refractivity contribution is 5.71. The fourth-order valence-corrected chi connectivity index (χ4v) is 2.70. The summed E-state index contributed by atoms with van der Waals surface area (Å²) in [4.78, 5) is 13.6. The van der Waals surface area contributed by atoms with Gasteiger partial charge in [0.25, 0.3) is 0 Å². The number of piperidine rings is 1. The van der Waals surface area contributed by atoms with Gasteiger partial charge in [-0.15, -0.1) is 0 Å². The molecule has 2 atom stereocenters. The molecule has 1 N–H and O–H groups in total. The molecule has 0 radical (unpaired) electrons. The van der Waals surface area contributed by atoms with Crippen molar-refractivity contribution in [1.29, 1.82) is 0 Å². The van der Waals surface area contributed by atoms with E-state index in [1.54, 1.807) is 0 Å². The Morgan fingerprint density at radius 1 is 1.42 bits per heavy atom. The zero-order valence-corrected chi connectivity index (χ0v) is 12.9. The molecule has 1 heterocycles. The zero-order valence-electron chi connectivity index (χ0n) is 12.9. The number of carbonyl (C=O) groups excluding carboxylic acids is 1. The number of esters is 1. The monoisotopic (exact) mass is 270 g/mol. The minimum atomic E-state index is -0.127. The number of likely N-dealkylation sites (tertiary alicyclic amines) is 1. The molecule has 0 spiro atoms. The molecule has 4 heteroatoms. The topological polar surface area (TPSA) is 41.6 Å². The van der Waals surface area contributed by atoms with Gasteiger partial charge in [-0.3, -0.25) is 9.69 Å². The molecular weight excluding hydrogens is 240 g/mol. The van der Waals surface area contributed by atoms with Crippen LogP contribution in [-0.4, -0.2) is 50.2 Å². The molecule has 1 rings (SSSR count). The van der Waals surface area contributed by atoms with Gasteiger partial charge in [-0.1, -0.05) is 27.2 Å². The molecule has 112 valence electrons. The molecule has 1 aliphatic rings. The van der Waals surface area contributed by atoms with Crippen molar-refractivity contribution >= 4 is 5.97 Å². The number of rotatable bonds is 7. The van der Waals surface area contributed by atoms with E-state index in [0.29, 0.717) is 18.5 Å². The maximum Gasteiger partial charge on any atom is 0.319 e. The lowest BCUT2D eigenvalue weighted by Crippen LogP contribution is -2.50. The van der Waals surface area contributed by atoms with E-state index < -0.39 is 0 Å². The van der Waals surface area contributed by atoms with Gasteiger partial charge in [0.05, 0.1) is 13.7 Å². The molecule has 19 heavy (non-hydrogen) atoms. The summed E-state index contributed by atoms with van der Waals surface area (Å²) >= 11 is 0. The first kappa shape index (κ1) is 16.4. The van der Waals surface area contributed by atoms with Crippen molar-refractivity contribution in [3.8, 4) is 0 Å². The predicted molar refractivity (Wildman–Crippen MR) is 78.1 cm³/mol. The van der Waals surface area contributed by atoms with Crippen LogP contribution in [0.3, 0.4) is 0 Å². The van der Waals surface area contributed by atoms with Gasteiger partial charge >= 0.3 is 5.97 Å². The average molecular weight is 270 g/mol. The van der Waals surface area contributed by atoms with Gasteiger partial charge in [0.1, 0.15) is 0 Å². The van der Waals surface area contributed by atoms with Gasteiger partial charge in [0.2, 0.25) is 0 Å². The number of hydrogen-bond acceptors (Lipinski definition) is 4. The minimum Gasteiger partial charge on any atom is -0.468 e. The first-order valence-electron chi connectivity index (χ1n) is 7.57. The summed E-state index contributed by atoms with van der Waals surface area (Å²) in [6.45, 7) is 10.2. The lowest BCUT2D eigenvalue weighted by atomic mass is 9.92. The third kappa shape index (κ3) is 6.39. The molecule has 2 unspecified atom stereocenters. The van der Waals surface area contributed by atoms with Crippen LogP contribution < -0.4 is 5.32 Å². The van der Waals surface area contributed by atoms with Gasteiger partial charge in [-0.05, 0) is 31.2 Å². The summed E-state index contributed by atoms with van der Waals surface area (Å²) < 4.78 is 4.77. The summed E-state index contributed by atoms with van der Waals surface area (Å²) in [5, 5.41) is 3.64. The third-order valence-electron chi connectivity index (χ3n) is 3.93. The zero-order chi connectivity index (χ0) is 14.3. The van der Waals surface area contributed by atoms with Crippen LogP contribution in [0.1, 0.15) is 40.0 Å². The minimum absolute atomic E-state index is 0.127. The van der Waals surface area contributed by atoms with Crippen LogP contribution in [0.25, 0.3) is 0 Å². The Morgan fingerprint density at radius 3 is 2.74 bits per heavy atom. The SMILES string of the molecule is CCC1CC(NCCC(C)C)CN(CC(=O)OC)C1. The smallest absolute Gasteiger partial charge is 0.319 e. The fraction of sp³-hybridized carbons (Fsp3) is 0.933. The first-order valence-corrected chi connectivity index (χ1v) is 7.57. The summed E-state index contributed by atoms with van der Waals surface area (Å²) in [5.74, 6) is 1.30. The van der Waals surface area contributed by atoms with E-state index >= 15 is 0 Å². The molecule has 1 saturated heterocycles. The highest BCUT2D eigenvalue weighted by atomic mass is 16.5. The predicted octanol–water partition coefficient (Wildman–Crippen LogP) is 1.90. The second-order valence-electron chi connectivity index (χ2n) is 6.11. The Morgan fingerprint density at radius 2 is 2.16 bits per heavy atom. The number of nitrogens with one attached hydrogen (secondary N) is 1. The molecule has 1 aliphatic heterocycles. The summed E-state index contributed by atoms with van der Waals surface area (Å²) in [6.07, 6.45) is 3.62. The Kier molecular flexibility index (Phi) is 7.39. The molecule has 0 aromatic carbocycles. The van der Waals surface area contributed by atoms with Gasteiger partial charge < -0.3 is 10.1 Å². The Hall–Kier alpha value is -0.610. The van der Waals surface area contributed by atoms with Crippen LogP contribution in [0.5, 0.6) is 0 Å². The Labute approximate surface area is 117 Å². The van der Waals surface area contributed by atoms with E-state index in [2.05, 4.69) is 31.0 Å². The van der Waals surface area contributed by atoms with Crippen LogP contribution >= 0.6 is 0 Å². The number of methoxy groups -OCH3 is 1. The molecule has 0 bridgehead atoms. The molecule has 0 aromatic heterocycles. The highest BCUT2D eigenvalue weighted by Crippen LogP contribution is 2.19. The van der Waals surface area contributed by atoms with Crippen molar-refractivity contribution in [2.75, 3.05) is 33.3 Å². The lowest BCUT2D eigenvalue weighted by Gasteiger charge is -2.37. The lowest BCUT2D eigenvalue weighted by molar-refractivity contribution is -0.142. The first-order chi connectivity index (χ1) is 9.05. The van der Waals surface area contributed by atoms with Gasteiger partial charge in [0.15, 0.2) is 0 Å². The number of nitrogens with zero attached hydrogens (tertiary/aromatic N) is 1. The second-order valence-corrected chi connectivity index (χ2v) is 6.11. The molecule has 0 saturated carbocycles. The molecule has 0 aliphatic carbocycles.